The fraction of sp³-hybridized carbons (Fsp3) is 0.226. The molecule has 3 atom stereocenters. The number of aliphatic hydroxyl groups is 1. The van der Waals surface area contributed by atoms with Gasteiger partial charge < -0.3 is 4.89 Å². The van der Waals surface area contributed by atoms with Crippen molar-refractivity contribution in [2.24, 2.45) is 0 Å². The summed E-state index contributed by atoms with van der Waals surface area (Å²) in [5.74, 6) is 2.30. The van der Waals surface area contributed by atoms with Gasteiger partial charge >= 0.3 is 202 Å². The summed E-state index contributed by atoms with van der Waals surface area (Å²) in [5, 5.41) is 12.7. The van der Waals surface area contributed by atoms with E-state index in [0.29, 0.717) is 25.1 Å². The molecule has 3 unspecified atom stereocenters. The molecule has 0 saturated heterocycles. The molecule has 4 aromatic rings. The zero-order valence-electron chi connectivity index (χ0n) is 21.7. The van der Waals surface area contributed by atoms with Crippen molar-refractivity contribution in [1.29, 1.82) is 0 Å². The SMILES string of the molecule is O=[PH](O)c1ccc(COc2ccc(CC[AsH]CC(O)COc3ccc(OCc4ccccc4)cc3)cc2)cc1. The van der Waals surface area contributed by atoms with Gasteiger partial charge in [-0.15, -0.1) is 0 Å². The predicted molar refractivity (Wildman–Crippen MR) is 157 cm³/mol. The van der Waals surface area contributed by atoms with Gasteiger partial charge in [-0.2, -0.15) is 0 Å². The Labute approximate surface area is 237 Å². The summed E-state index contributed by atoms with van der Waals surface area (Å²) >= 11 is -0.271. The van der Waals surface area contributed by atoms with E-state index in [9.17, 15) is 9.67 Å². The fourth-order valence-electron chi connectivity index (χ4n) is 3.79. The second-order valence-electron chi connectivity index (χ2n) is 9.10. The van der Waals surface area contributed by atoms with Crippen LogP contribution >= 0.6 is 8.03 Å². The molecule has 39 heavy (non-hydrogen) atoms. The second-order valence-corrected chi connectivity index (χ2v) is 13.2. The Morgan fingerprint density at radius 1 is 0.667 bits per heavy atom. The Morgan fingerprint density at radius 2 is 1.18 bits per heavy atom. The van der Waals surface area contributed by atoms with Crippen LogP contribution in [0.2, 0.25) is 10.4 Å². The zero-order chi connectivity index (χ0) is 27.3. The van der Waals surface area contributed by atoms with Crippen LogP contribution in [0, 0.1) is 0 Å². The Bertz CT molecular complexity index is 1280. The molecule has 0 heterocycles. The van der Waals surface area contributed by atoms with Crippen molar-refractivity contribution in [3.63, 3.8) is 0 Å². The van der Waals surface area contributed by atoms with Crippen molar-refractivity contribution in [3.8, 4) is 17.2 Å². The predicted octanol–water partition coefficient (Wildman–Crippen LogP) is 5.19. The number of hydrogen-bond donors (Lipinski definition) is 2. The molecule has 0 spiro atoms. The van der Waals surface area contributed by atoms with Crippen molar-refractivity contribution < 1.29 is 28.8 Å². The van der Waals surface area contributed by atoms with Gasteiger partial charge in [-0.25, -0.2) is 0 Å². The number of aliphatic hydroxyl groups excluding tert-OH is 1. The van der Waals surface area contributed by atoms with Crippen LogP contribution in [0.25, 0.3) is 0 Å². The van der Waals surface area contributed by atoms with Gasteiger partial charge in [0.15, 0.2) is 0 Å². The minimum absolute atomic E-state index is 0.271. The van der Waals surface area contributed by atoms with Crippen molar-refractivity contribution in [2.75, 3.05) is 6.61 Å². The van der Waals surface area contributed by atoms with E-state index in [1.54, 1.807) is 12.1 Å². The molecule has 0 aromatic heterocycles. The fourth-order valence-corrected chi connectivity index (χ4v) is 6.59. The van der Waals surface area contributed by atoms with E-state index >= 15 is 0 Å². The third kappa shape index (κ3) is 10.2. The molecule has 0 bridgehead atoms. The summed E-state index contributed by atoms with van der Waals surface area (Å²) in [5.41, 5.74) is 3.32. The van der Waals surface area contributed by atoms with E-state index in [1.165, 1.54) is 5.56 Å². The maximum atomic E-state index is 11.1. The van der Waals surface area contributed by atoms with Gasteiger partial charge in [0.05, 0.1) is 0 Å². The first-order valence-electron chi connectivity index (χ1n) is 12.9. The summed E-state index contributed by atoms with van der Waals surface area (Å²) in [6.45, 7) is 1.22. The first-order chi connectivity index (χ1) is 19.0. The zero-order valence-corrected chi connectivity index (χ0v) is 24.8. The Hall–Kier alpha value is -3.01. The quantitative estimate of drug-likeness (QED) is 0.110. The van der Waals surface area contributed by atoms with Crippen molar-refractivity contribution in [1.82, 2.24) is 0 Å². The van der Waals surface area contributed by atoms with Crippen molar-refractivity contribution in [2.45, 2.75) is 36.2 Å². The molecule has 0 aliphatic rings. The molecule has 0 aliphatic heterocycles. The second kappa shape index (κ2) is 15.5. The standard InChI is InChI=1S/C31H34AsO6P/c33-27(23-38-30-14-12-29(13-15-30)36-21-25-4-2-1-3-5-25)20-32-19-18-24-6-10-28(11-7-24)37-22-26-8-16-31(17-9-26)39(34)35/h1-17,27,32-33,39H,18-23H2,(H,34,35). The van der Waals surface area contributed by atoms with E-state index in [1.807, 2.05) is 78.9 Å². The van der Waals surface area contributed by atoms with Crippen LogP contribution in [0.5, 0.6) is 17.2 Å². The number of rotatable bonds is 15. The molecule has 6 nitrogen and oxygen atoms in total. The van der Waals surface area contributed by atoms with Crippen LogP contribution in [0.15, 0.2) is 103 Å². The average molecular weight is 609 g/mol. The molecular formula is C31H34AsO6P. The number of aryl methyl sites for hydroxylation is 1. The van der Waals surface area contributed by atoms with Crippen LogP contribution in [0.4, 0.5) is 0 Å². The molecule has 0 radical (unpaired) electrons. The van der Waals surface area contributed by atoms with Crippen molar-refractivity contribution >= 4 is 29.1 Å². The molecular weight excluding hydrogens is 574 g/mol. The van der Waals surface area contributed by atoms with Gasteiger partial charge in [0.2, 0.25) is 8.03 Å². The number of ether oxygens (including phenoxy) is 3. The van der Waals surface area contributed by atoms with Gasteiger partial charge in [-0.05, 0) is 0 Å². The third-order valence-corrected chi connectivity index (χ3v) is 9.70. The molecule has 4 rings (SSSR count). The Morgan fingerprint density at radius 3 is 1.77 bits per heavy atom. The van der Waals surface area contributed by atoms with E-state index < -0.39 is 14.1 Å². The van der Waals surface area contributed by atoms with Gasteiger partial charge in [0, 0.05) is 0 Å². The van der Waals surface area contributed by atoms with Crippen LogP contribution in [0.1, 0.15) is 16.7 Å². The first-order valence-corrected chi connectivity index (χ1v) is 17.2. The topological polar surface area (TPSA) is 85.2 Å². The van der Waals surface area contributed by atoms with Gasteiger partial charge in [-0.1, -0.05) is 18.2 Å². The molecule has 2 N–H and O–H groups in total. The van der Waals surface area contributed by atoms with E-state index in [0.717, 1.165) is 45.2 Å². The normalized spacial score (nSPS) is 12.8. The molecule has 204 valence electrons. The average Bonchev–Trinajstić information content (AvgIpc) is 2.98. The van der Waals surface area contributed by atoms with Crippen LogP contribution in [-0.2, 0) is 24.2 Å². The monoisotopic (exact) mass is 608 g/mol. The first kappa shape index (κ1) is 29.0. The van der Waals surface area contributed by atoms with Gasteiger partial charge in [0.25, 0.3) is 0 Å². The van der Waals surface area contributed by atoms with E-state index in [-0.39, 0.29) is 15.8 Å². The van der Waals surface area contributed by atoms with Crippen LogP contribution < -0.4 is 19.5 Å². The van der Waals surface area contributed by atoms with Crippen molar-refractivity contribution in [3.05, 3.63) is 120 Å². The van der Waals surface area contributed by atoms with Crippen LogP contribution in [0.3, 0.4) is 0 Å². The molecule has 0 aliphatic carbocycles. The molecule has 4 aromatic carbocycles. The molecule has 0 amide bonds. The van der Waals surface area contributed by atoms with E-state index in [2.05, 4.69) is 12.1 Å². The summed E-state index contributed by atoms with van der Waals surface area (Å²) in [6.07, 6.45) is 0.530. The van der Waals surface area contributed by atoms with E-state index in [4.69, 9.17) is 19.1 Å². The number of hydrogen-bond acceptors (Lipinski definition) is 5. The number of benzene rings is 4. The third-order valence-electron chi connectivity index (χ3n) is 6.01. The summed E-state index contributed by atoms with van der Waals surface area (Å²) < 4.78 is 28.5. The minimum atomic E-state index is -2.65. The van der Waals surface area contributed by atoms with Crippen LogP contribution in [-0.4, -0.2) is 38.5 Å². The summed E-state index contributed by atoms with van der Waals surface area (Å²) in [7, 11) is -2.65. The molecule has 0 fully saturated rings. The molecule has 0 saturated carbocycles. The Kier molecular flexibility index (Phi) is 11.6. The van der Waals surface area contributed by atoms with Gasteiger partial charge in [0.1, 0.15) is 0 Å². The summed E-state index contributed by atoms with van der Waals surface area (Å²) in [6, 6.07) is 32.6. The maximum absolute atomic E-state index is 11.1. The summed E-state index contributed by atoms with van der Waals surface area (Å²) in [4.78, 5) is 9.16. The molecule has 8 heteroatoms. The van der Waals surface area contributed by atoms with Gasteiger partial charge in [-0.3, -0.25) is 4.57 Å². The Balaban J connectivity index is 1.08.